The molecule has 2 amide bonds. The van der Waals surface area contributed by atoms with Crippen molar-refractivity contribution in [3.63, 3.8) is 0 Å². The maximum absolute atomic E-state index is 13.2. The summed E-state index contributed by atoms with van der Waals surface area (Å²) in [4.78, 5) is 29.4. The Kier molecular flexibility index (Phi) is 7.33. The highest BCUT2D eigenvalue weighted by molar-refractivity contribution is 6.33. The van der Waals surface area contributed by atoms with Crippen molar-refractivity contribution in [2.45, 2.75) is 25.8 Å². The van der Waals surface area contributed by atoms with E-state index in [2.05, 4.69) is 33.8 Å². The predicted octanol–water partition coefficient (Wildman–Crippen LogP) is 5.52. The second-order valence-corrected chi connectivity index (χ2v) is 9.08. The van der Waals surface area contributed by atoms with E-state index in [1.807, 2.05) is 56.4 Å². The van der Waals surface area contributed by atoms with Gasteiger partial charge in [0.05, 0.1) is 10.6 Å². The van der Waals surface area contributed by atoms with Crippen molar-refractivity contribution in [1.29, 1.82) is 0 Å². The molecule has 5 nitrogen and oxygen atoms in total. The van der Waals surface area contributed by atoms with Crippen molar-refractivity contribution in [3.8, 4) is 0 Å². The van der Waals surface area contributed by atoms with E-state index in [0.717, 1.165) is 22.0 Å². The molecule has 0 spiro atoms. The monoisotopic (exact) mass is 473 g/mol. The zero-order valence-corrected chi connectivity index (χ0v) is 20.0. The zero-order valence-electron chi connectivity index (χ0n) is 19.2. The maximum Gasteiger partial charge on any atom is 0.253 e. The Balaban J connectivity index is 1.54. The molecule has 0 bridgehead atoms. The number of H-pyrrole nitrogens is 1. The number of rotatable bonds is 8. The lowest BCUT2D eigenvalue weighted by molar-refractivity contribution is -0.123. The van der Waals surface area contributed by atoms with E-state index in [-0.39, 0.29) is 23.7 Å². The second kappa shape index (κ2) is 10.6. The van der Waals surface area contributed by atoms with Gasteiger partial charge >= 0.3 is 0 Å². The third kappa shape index (κ3) is 5.15. The molecule has 0 fully saturated rings. The fourth-order valence-corrected chi connectivity index (χ4v) is 4.41. The van der Waals surface area contributed by atoms with Crippen LogP contribution in [0.2, 0.25) is 5.02 Å². The molecule has 0 saturated heterocycles. The van der Waals surface area contributed by atoms with Crippen LogP contribution in [0.1, 0.15) is 41.3 Å². The van der Waals surface area contributed by atoms with Crippen molar-refractivity contribution in [3.05, 3.63) is 107 Å². The first-order chi connectivity index (χ1) is 16.5. The summed E-state index contributed by atoms with van der Waals surface area (Å²) in [7, 11) is 0. The number of para-hydroxylation sites is 1. The fraction of sp³-hybridized carbons (Fsp3) is 0.214. The van der Waals surface area contributed by atoms with Crippen LogP contribution in [0.5, 0.6) is 0 Å². The molecule has 34 heavy (non-hydrogen) atoms. The van der Waals surface area contributed by atoms with Crippen molar-refractivity contribution in [1.82, 2.24) is 15.6 Å². The number of fused-ring (bicyclic) bond motifs is 1. The lowest BCUT2D eigenvalue weighted by Gasteiger charge is -2.24. The van der Waals surface area contributed by atoms with Crippen molar-refractivity contribution in [2.24, 2.45) is 5.92 Å². The Labute approximate surface area is 204 Å². The van der Waals surface area contributed by atoms with Crippen LogP contribution in [0.3, 0.4) is 0 Å². The van der Waals surface area contributed by atoms with Gasteiger partial charge in [-0.25, -0.2) is 0 Å². The molecule has 2 unspecified atom stereocenters. The van der Waals surface area contributed by atoms with Gasteiger partial charge in [0, 0.05) is 29.6 Å². The van der Waals surface area contributed by atoms with E-state index in [0.29, 0.717) is 17.1 Å². The lowest BCUT2D eigenvalue weighted by Crippen LogP contribution is -2.50. The number of amides is 2. The molecule has 4 aromatic rings. The van der Waals surface area contributed by atoms with E-state index < -0.39 is 6.04 Å². The largest absolute Gasteiger partial charge is 0.361 e. The molecule has 3 aromatic carbocycles. The first kappa shape index (κ1) is 23.6. The number of aromatic nitrogens is 1. The molecule has 0 aliphatic heterocycles. The summed E-state index contributed by atoms with van der Waals surface area (Å²) in [5.41, 5.74) is 3.62. The Morgan fingerprint density at radius 3 is 2.32 bits per heavy atom. The van der Waals surface area contributed by atoms with E-state index in [1.54, 1.807) is 24.3 Å². The van der Waals surface area contributed by atoms with Gasteiger partial charge in [-0.2, -0.15) is 0 Å². The average Bonchev–Trinajstić information content (AvgIpc) is 3.27. The number of benzene rings is 3. The van der Waals surface area contributed by atoms with Gasteiger partial charge < -0.3 is 15.6 Å². The molecule has 0 saturated carbocycles. The first-order valence-electron chi connectivity index (χ1n) is 11.4. The molecule has 4 rings (SSSR count). The van der Waals surface area contributed by atoms with E-state index in [9.17, 15) is 9.59 Å². The number of hydrogen-bond acceptors (Lipinski definition) is 2. The molecule has 174 valence electrons. The van der Waals surface area contributed by atoms with Crippen LogP contribution >= 0.6 is 11.6 Å². The van der Waals surface area contributed by atoms with Gasteiger partial charge in [0.15, 0.2) is 0 Å². The van der Waals surface area contributed by atoms with Gasteiger partial charge in [-0.1, -0.05) is 86.1 Å². The third-order valence-electron chi connectivity index (χ3n) is 6.03. The summed E-state index contributed by atoms with van der Waals surface area (Å²) in [5.74, 6) is -0.741. The Morgan fingerprint density at radius 2 is 1.59 bits per heavy atom. The molecule has 2 atom stereocenters. The average molecular weight is 474 g/mol. The predicted molar refractivity (Wildman–Crippen MR) is 137 cm³/mol. The minimum Gasteiger partial charge on any atom is -0.361 e. The summed E-state index contributed by atoms with van der Waals surface area (Å²) >= 11 is 6.17. The fourth-order valence-electron chi connectivity index (χ4n) is 4.19. The highest BCUT2D eigenvalue weighted by Crippen LogP contribution is 2.30. The highest BCUT2D eigenvalue weighted by Gasteiger charge is 2.27. The maximum atomic E-state index is 13.2. The quantitative estimate of drug-likeness (QED) is 0.315. The second-order valence-electron chi connectivity index (χ2n) is 8.67. The number of carbonyl (C=O) groups is 2. The Hall–Kier alpha value is -3.57. The van der Waals surface area contributed by atoms with Gasteiger partial charge in [-0.15, -0.1) is 0 Å². The lowest BCUT2D eigenvalue weighted by atomic mass is 9.90. The van der Waals surface area contributed by atoms with Crippen LogP contribution in [0.15, 0.2) is 85.1 Å². The molecular weight excluding hydrogens is 446 g/mol. The van der Waals surface area contributed by atoms with Crippen LogP contribution < -0.4 is 10.6 Å². The number of carbonyl (C=O) groups excluding carboxylic acids is 2. The van der Waals surface area contributed by atoms with Crippen LogP contribution in [-0.4, -0.2) is 29.4 Å². The number of nitrogens with one attached hydrogen (secondary N) is 3. The highest BCUT2D eigenvalue weighted by atomic mass is 35.5. The van der Waals surface area contributed by atoms with Crippen LogP contribution in [0.25, 0.3) is 10.9 Å². The number of hydrogen-bond donors (Lipinski definition) is 3. The summed E-state index contributed by atoms with van der Waals surface area (Å²) < 4.78 is 0. The smallest absolute Gasteiger partial charge is 0.253 e. The Bertz CT molecular complexity index is 1280. The summed E-state index contributed by atoms with van der Waals surface area (Å²) in [6, 6.07) is 24.4. The molecule has 0 radical (unpaired) electrons. The standard InChI is InChI=1S/C28H28ClN3O2/c1-18(2)26(32-27(33)21-13-6-8-14-24(21)29)28(34)31-16-22(19-10-4-3-5-11-19)23-17-30-25-15-9-7-12-20(23)25/h3-15,17-18,22,26,30H,16H2,1-2H3,(H,31,34)(H,32,33). The van der Waals surface area contributed by atoms with Gasteiger partial charge in [0.1, 0.15) is 6.04 Å². The van der Waals surface area contributed by atoms with E-state index >= 15 is 0 Å². The molecule has 1 heterocycles. The van der Waals surface area contributed by atoms with Crippen LogP contribution in [-0.2, 0) is 4.79 Å². The topological polar surface area (TPSA) is 74.0 Å². The van der Waals surface area contributed by atoms with E-state index in [4.69, 9.17) is 11.6 Å². The first-order valence-corrected chi connectivity index (χ1v) is 11.8. The van der Waals surface area contributed by atoms with Gasteiger partial charge in [0.25, 0.3) is 5.91 Å². The zero-order chi connectivity index (χ0) is 24.1. The number of halogens is 1. The SMILES string of the molecule is CC(C)C(NC(=O)c1ccccc1Cl)C(=O)NCC(c1ccccc1)c1c[nH]c2ccccc12. The van der Waals surface area contributed by atoms with Gasteiger partial charge in [-0.3, -0.25) is 9.59 Å². The summed E-state index contributed by atoms with van der Waals surface area (Å²) in [6.07, 6.45) is 2.01. The number of aromatic amines is 1. The molecule has 0 aliphatic rings. The van der Waals surface area contributed by atoms with Crippen LogP contribution in [0.4, 0.5) is 0 Å². The molecule has 1 aromatic heterocycles. The molecule has 0 aliphatic carbocycles. The van der Waals surface area contributed by atoms with Gasteiger partial charge in [0.2, 0.25) is 5.91 Å². The molecule has 3 N–H and O–H groups in total. The molecular formula is C28H28ClN3O2. The summed E-state index contributed by atoms with van der Waals surface area (Å²) in [6.45, 7) is 4.22. The van der Waals surface area contributed by atoms with Crippen molar-refractivity contribution >= 4 is 34.3 Å². The minimum absolute atomic E-state index is 0.0478. The minimum atomic E-state index is -0.692. The Morgan fingerprint density at radius 1 is 0.912 bits per heavy atom. The molecule has 6 heteroatoms. The third-order valence-corrected chi connectivity index (χ3v) is 6.36. The van der Waals surface area contributed by atoms with Crippen LogP contribution in [0, 0.1) is 5.92 Å². The van der Waals surface area contributed by atoms with Crippen molar-refractivity contribution in [2.75, 3.05) is 6.54 Å². The normalized spacial score (nSPS) is 12.9. The van der Waals surface area contributed by atoms with E-state index in [1.165, 1.54) is 0 Å². The van der Waals surface area contributed by atoms with Gasteiger partial charge in [-0.05, 0) is 35.2 Å². The van der Waals surface area contributed by atoms with Crippen molar-refractivity contribution < 1.29 is 9.59 Å². The summed E-state index contributed by atoms with van der Waals surface area (Å²) in [5, 5.41) is 7.42.